The van der Waals surface area contributed by atoms with Crippen LogP contribution in [0.3, 0.4) is 0 Å². The maximum absolute atomic E-state index is 0. The second-order valence-corrected chi connectivity index (χ2v) is 0. The SMILES string of the molecule is [Cr+3].[Ga].[Gd].[NH4+].[OH-].[OH-].[OH-].[OH-]. The van der Waals surface area contributed by atoms with Crippen LogP contribution in [0.5, 0.6) is 0 Å². The summed E-state index contributed by atoms with van der Waals surface area (Å²) in [4.78, 5) is 0. The Balaban J connectivity index is 0. The molecular formula is H8CrGaGdNO4. The van der Waals surface area contributed by atoms with Gasteiger partial charge in [-0.05, 0) is 0 Å². The fraction of sp³-hybridized carbons (Fsp3) is 0. The van der Waals surface area contributed by atoms with E-state index >= 15 is 0 Å². The van der Waals surface area contributed by atoms with E-state index in [1.807, 2.05) is 0 Å². The summed E-state index contributed by atoms with van der Waals surface area (Å²) in [5.74, 6) is 0. The predicted molar refractivity (Wildman–Crippen MR) is 19.5 cm³/mol. The van der Waals surface area contributed by atoms with Crippen LogP contribution in [0, 0.1) is 39.9 Å². The van der Waals surface area contributed by atoms with Crippen molar-refractivity contribution < 1.29 is 79.2 Å². The van der Waals surface area contributed by atoms with E-state index in [0.717, 1.165) is 0 Å². The largest absolute Gasteiger partial charge is 3.00 e. The van der Waals surface area contributed by atoms with Gasteiger partial charge in [0.15, 0.2) is 0 Å². The third kappa shape index (κ3) is 83.9. The Morgan fingerprint density at radius 3 is 0.625 bits per heavy atom. The fourth-order valence-electron chi connectivity index (χ4n) is 0. The summed E-state index contributed by atoms with van der Waals surface area (Å²) in [5, 5.41) is 0. The van der Waals surface area contributed by atoms with Crippen LogP contribution in [0.1, 0.15) is 0 Å². The molecule has 0 saturated heterocycles. The molecule has 0 saturated carbocycles. The topological polar surface area (TPSA) is 156 Å². The molecule has 5 nitrogen and oxygen atoms in total. The van der Waals surface area contributed by atoms with E-state index in [0.29, 0.717) is 0 Å². The Labute approximate surface area is 104 Å². The van der Waals surface area contributed by atoms with E-state index in [4.69, 9.17) is 0 Å². The molecule has 0 rings (SSSR count). The van der Waals surface area contributed by atoms with Crippen molar-refractivity contribution in [3.8, 4) is 0 Å². The maximum Gasteiger partial charge on any atom is 3.00 e. The molecule has 0 fully saturated rings. The molecule has 0 aliphatic rings. The van der Waals surface area contributed by atoms with E-state index < -0.39 is 0 Å². The van der Waals surface area contributed by atoms with Crippen molar-refractivity contribution >= 4 is 19.8 Å². The molecule has 0 spiro atoms. The molecular weight excluding hydrogens is 357 g/mol. The van der Waals surface area contributed by atoms with Gasteiger partial charge in [-0.2, -0.15) is 0 Å². The van der Waals surface area contributed by atoms with Crippen molar-refractivity contribution in [1.29, 1.82) is 0 Å². The van der Waals surface area contributed by atoms with Gasteiger partial charge in [0.25, 0.3) is 0 Å². The first-order valence-electron chi connectivity index (χ1n) is 0. The first-order valence-corrected chi connectivity index (χ1v) is 0. The van der Waals surface area contributed by atoms with Crippen LogP contribution >= 0.6 is 0 Å². The average molecular weight is 365 g/mol. The Morgan fingerprint density at radius 2 is 0.625 bits per heavy atom. The standard InChI is InChI=1S/Cr.Ga.Gd.H3N.4H2O/h;;;1H3;4*1H2/q+3;;;;;;;/p-3. The van der Waals surface area contributed by atoms with Crippen LogP contribution in [0.4, 0.5) is 0 Å². The van der Waals surface area contributed by atoms with E-state index in [1.54, 1.807) is 0 Å². The Bertz CT molecular complexity index is 16.0. The van der Waals surface area contributed by atoms with Crippen LogP contribution < -0.4 is 6.15 Å². The summed E-state index contributed by atoms with van der Waals surface area (Å²) in [5.41, 5.74) is 0. The van der Waals surface area contributed by atoms with Gasteiger partial charge in [0, 0.05) is 59.7 Å². The van der Waals surface area contributed by atoms with E-state index in [-0.39, 0.29) is 105 Å². The second kappa shape index (κ2) is 122. The van der Waals surface area contributed by atoms with E-state index in [2.05, 4.69) is 0 Å². The minimum absolute atomic E-state index is 0. The van der Waals surface area contributed by atoms with Crippen molar-refractivity contribution in [2.24, 2.45) is 0 Å². The zero-order chi connectivity index (χ0) is 0. The Morgan fingerprint density at radius 1 is 0.625 bits per heavy atom. The minimum atomic E-state index is 0. The Kier molecular flexibility index (Phi) is 2570. The Hall–Kier alpha value is 2.29. The third-order valence-electron chi connectivity index (χ3n) is 0. The zero-order valence-electron chi connectivity index (χ0n) is 4.13. The molecule has 0 bridgehead atoms. The van der Waals surface area contributed by atoms with Crippen molar-refractivity contribution in [3.63, 3.8) is 0 Å². The average Bonchev–Trinajstić information content (AvgIpc) is 0. The second-order valence-electron chi connectivity index (χ2n) is 0. The van der Waals surface area contributed by atoms with Gasteiger partial charge >= 0.3 is 17.4 Å². The molecule has 0 aromatic carbocycles. The van der Waals surface area contributed by atoms with Crippen LogP contribution in [-0.2, 0) is 17.4 Å². The summed E-state index contributed by atoms with van der Waals surface area (Å²) in [7, 11) is 0. The van der Waals surface area contributed by atoms with Gasteiger partial charge in [-0.1, -0.05) is 0 Å². The van der Waals surface area contributed by atoms with E-state index in [1.165, 1.54) is 0 Å². The summed E-state index contributed by atoms with van der Waals surface area (Å²) in [6.07, 6.45) is 0. The molecule has 8 N–H and O–H groups in total. The molecule has 0 atom stereocenters. The van der Waals surface area contributed by atoms with Crippen LogP contribution in [-0.4, -0.2) is 41.7 Å². The minimum Gasteiger partial charge on any atom is -0.870 e. The van der Waals surface area contributed by atoms with E-state index in [9.17, 15) is 0 Å². The van der Waals surface area contributed by atoms with Crippen molar-refractivity contribution in [3.05, 3.63) is 0 Å². The maximum atomic E-state index is 0. The van der Waals surface area contributed by atoms with Gasteiger partial charge in [-0.15, -0.1) is 0 Å². The molecule has 4 radical (unpaired) electrons. The predicted octanol–water partition coefficient (Wildman–Crippen LogP) is -0.714. The molecule has 8 heavy (non-hydrogen) atoms. The number of quaternary nitrogens is 1. The van der Waals surface area contributed by atoms with Crippen molar-refractivity contribution in [2.75, 3.05) is 0 Å². The fourth-order valence-corrected chi connectivity index (χ4v) is 0. The van der Waals surface area contributed by atoms with Gasteiger partial charge in [-0.3, -0.25) is 0 Å². The van der Waals surface area contributed by atoms with Gasteiger partial charge in [-0.25, -0.2) is 0 Å². The molecule has 0 aliphatic heterocycles. The smallest absolute Gasteiger partial charge is 0.870 e. The third-order valence-corrected chi connectivity index (χ3v) is 0. The van der Waals surface area contributed by atoms with Crippen molar-refractivity contribution in [1.82, 2.24) is 6.15 Å². The molecule has 8 heteroatoms. The van der Waals surface area contributed by atoms with Gasteiger partial charge < -0.3 is 28.1 Å². The monoisotopic (exact) mass is 365 g/mol. The number of rotatable bonds is 0. The first kappa shape index (κ1) is 169. The summed E-state index contributed by atoms with van der Waals surface area (Å²) in [6.45, 7) is 0. The molecule has 54 valence electrons. The van der Waals surface area contributed by atoms with Crippen molar-refractivity contribution in [2.45, 2.75) is 0 Å². The summed E-state index contributed by atoms with van der Waals surface area (Å²) in [6, 6.07) is 0. The molecule has 0 aromatic heterocycles. The normalized spacial score (nSPS) is 0. The first-order chi connectivity index (χ1) is 0. The van der Waals surface area contributed by atoms with Crippen LogP contribution in [0.15, 0.2) is 0 Å². The summed E-state index contributed by atoms with van der Waals surface area (Å²) >= 11 is 0. The molecule has 0 heterocycles. The number of hydrogen-bond donors (Lipinski definition) is 1. The van der Waals surface area contributed by atoms with Gasteiger partial charge in [0.05, 0.1) is 0 Å². The molecule has 0 aliphatic carbocycles. The molecule has 0 unspecified atom stereocenters. The summed E-state index contributed by atoms with van der Waals surface area (Å²) < 4.78 is 0. The van der Waals surface area contributed by atoms with Gasteiger partial charge in [0.2, 0.25) is 0 Å². The molecule has 0 aromatic rings. The van der Waals surface area contributed by atoms with Gasteiger partial charge in [0.1, 0.15) is 0 Å². The zero-order valence-corrected chi connectivity index (χ0v) is 10.1. The molecule has 0 amide bonds. The quantitative estimate of drug-likeness (QED) is 0.562. The van der Waals surface area contributed by atoms with Crippen LogP contribution in [0.2, 0.25) is 0 Å². The van der Waals surface area contributed by atoms with Crippen LogP contribution in [0.25, 0.3) is 0 Å². The number of hydrogen-bond acceptors (Lipinski definition) is 4.